The lowest BCUT2D eigenvalue weighted by Crippen LogP contribution is -2.31. The number of phenols is 1. The van der Waals surface area contributed by atoms with Gasteiger partial charge in [-0.1, -0.05) is 11.2 Å². The molecule has 1 aromatic carbocycles. The van der Waals surface area contributed by atoms with E-state index in [4.69, 9.17) is 9.63 Å². The molecule has 2 N–H and O–H groups in total. The first-order valence-electron chi connectivity index (χ1n) is 10.7. The van der Waals surface area contributed by atoms with E-state index in [-0.39, 0.29) is 17.4 Å². The standard InChI is InChI=1S/C23H21F2N5O3/c24-17-9-15(10-18(25)20(17)31)22(32)26-12-13-4-6-14(7-5-13)21-27-23(33-29-21)19-11-16-3-1-2-8-30(16)28-19/h1-3,8-11,13-14,31H,4-7,12H2,(H,26,32). The summed E-state index contributed by atoms with van der Waals surface area (Å²) in [6.07, 6.45) is 5.23. The molecule has 0 bridgehead atoms. The molecule has 1 aliphatic carbocycles. The molecule has 5 rings (SSSR count). The number of benzene rings is 1. The highest BCUT2D eigenvalue weighted by Gasteiger charge is 2.27. The van der Waals surface area contributed by atoms with E-state index in [9.17, 15) is 13.6 Å². The van der Waals surface area contributed by atoms with Crippen molar-refractivity contribution in [3.8, 4) is 17.3 Å². The van der Waals surface area contributed by atoms with Crippen LogP contribution in [0.1, 0.15) is 47.8 Å². The van der Waals surface area contributed by atoms with E-state index >= 15 is 0 Å². The summed E-state index contributed by atoms with van der Waals surface area (Å²) in [6.45, 7) is 0.397. The molecule has 10 heteroatoms. The lowest BCUT2D eigenvalue weighted by Gasteiger charge is -2.26. The SMILES string of the molecule is O=C(NCC1CCC(c2noc(-c3cc4ccccn4n3)n2)CC1)c1cc(F)c(O)c(F)c1. The molecule has 1 saturated carbocycles. The third-order valence-electron chi connectivity index (χ3n) is 6.07. The van der Waals surface area contributed by atoms with Crippen LogP contribution in [-0.2, 0) is 0 Å². The van der Waals surface area contributed by atoms with Crippen LogP contribution in [0.5, 0.6) is 5.75 Å². The number of hydrogen-bond donors (Lipinski definition) is 2. The summed E-state index contributed by atoms with van der Waals surface area (Å²) in [5.74, 6) is -2.56. The fourth-order valence-electron chi connectivity index (χ4n) is 4.21. The van der Waals surface area contributed by atoms with E-state index in [1.54, 1.807) is 4.52 Å². The van der Waals surface area contributed by atoms with Gasteiger partial charge in [0.1, 0.15) is 0 Å². The van der Waals surface area contributed by atoms with Gasteiger partial charge in [0, 0.05) is 24.2 Å². The summed E-state index contributed by atoms with van der Waals surface area (Å²) in [5.41, 5.74) is 1.40. The molecule has 3 heterocycles. The number of amides is 1. The van der Waals surface area contributed by atoms with Gasteiger partial charge in [0.05, 0.1) is 5.52 Å². The third-order valence-corrected chi connectivity index (χ3v) is 6.07. The zero-order valence-electron chi connectivity index (χ0n) is 17.5. The molecule has 33 heavy (non-hydrogen) atoms. The van der Waals surface area contributed by atoms with E-state index in [2.05, 4.69) is 20.6 Å². The smallest absolute Gasteiger partial charge is 0.278 e. The van der Waals surface area contributed by atoms with E-state index in [0.29, 0.717) is 24.0 Å². The van der Waals surface area contributed by atoms with E-state index in [1.807, 2.05) is 30.5 Å². The topological polar surface area (TPSA) is 106 Å². The van der Waals surface area contributed by atoms with Gasteiger partial charge in [-0.2, -0.15) is 10.1 Å². The Bertz CT molecular complexity index is 1250. The Morgan fingerprint density at radius 2 is 1.91 bits per heavy atom. The predicted molar refractivity (Wildman–Crippen MR) is 114 cm³/mol. The van der Waals surface area contributed by atoms with Gasteiger partial charge in [0.15, 0.2) is 28.9 Å². The van der Waals surface area contributed by atoms with Gasteiger partial charge in [-0.3, -0.25) is 4.79 Å². The lowest BCUT2D eigenvalue weighted by molar-refractivity contribution is 0.0941. The van der Waals surface area contributed by atoms with Crippen molar-refractivity contribution in [2.45, 2.75) is 31.6 Å². The summed E-state index contributed by atoms with van der Waals surface area (Å²) >= 11 is 0. The van der Waals surface area contributed by atoms with E-state index in [0.717, 1.165) is 43.3 Å². The van der Waals surface area contributed by atoms with E-state index < -0.39 is 23.3 Å². The van der Waals surface area contributed by atoms with Crippen molar-refractivity contribution in [3.05, 3.63) is 65.6 Å². The summed E-state index contributed by atoms with van der Waals surface area (Å²) in [7, 11) is 0. The fraction of sp³-hybridized carbons (Fsp3) is 0.304. The highest BCUT2D eigenvalue weighted by atomic mass is 19.1. The van der Waals surface area contributed by atoms with Crippen LogP contribution in [0.15, 0.2) is 47.1 Å². The van der Waals surface area contributed by atoms with Gasteiger partial charge in [-0.05, 0) is 61.9 Å². The summed E-state index contributed by atoms with van der Waals surface area (Å²) < 4.78 is 34.1. The minimum Gasteiger partial charge on any atom is -0.503 e. The molecule has 0 radical (unpaired) electrons. The number of nitrogens with one attached hydrogen (secondary N) is 1. The molecule has 1 fully saturated rings. The molecular weight excluding hydrogens is 432 g/mol. The van der Waals surface area contributed by atoms with Crippen LogP contribution in [0.25, 0.3) is 17.1 Å². The van der Waals surface area contributed by atoms with Crippen LogP contribution < -0.4 is 5.32 Å². The molecule has 4 aromatic rings. The van der Waals surface area contributed by atoms with Crippen LogP contribution in [0.2, 0.25) is 0 Å². The number of pyridine rings is 1. The largest absolute Gasteiger partial charge is 0.503 e. The maximum absolute atomic E-state index is 13.5. The molecule has 1 amide bonds. The highest BCUT2D eigenvalue weighted by molar-refractivity contribution is 5.94. The first kappa shape index (κ1) is 21.0. The molecule has 0 spiro atoms. The number of fused-ring (bicyclic) bond motifs is 1. The Hall–Kier alpha value is -3.82. The zero-order chi connectivity index (χ0) is 22.9. The number of carbonyl (C=O) groups excluding carboxylic acids is 1. The van der Waals surface area contributed by atoms with Crippen LogP contribution in [0, 0.1) is 17.6 Å². The monoisotopic (exact) mass is 453 g/mol. The molecule has 0 aliphatic heterocycles. The van der Waals surface area contributed by atoms with Crippen molar-refractivity contribution in [2.75, 3.05) is 6.54 Å². The fourth-order valence-corrected chi connectivity index (χ4v) is 4.21. The normalized spacial score (nSPS) is 18.5. The highest BCUT2D eigenvalue weighted by Crippen LogP contribution is 2.35. The van der Waals surface area contributed by atoms with Gasteiger partial charge in [-0.15, -0.1) is 0 Å². The number of phenolic OH excluding ortho intramolecular Hbond substituents is 1. The molecule has 0 atom stereocenters. The average molecular weight is 453 g/mol. The Kier molecular flexibility index (Phi) is 5.49. The minimum absolute atomic E-state index is 0.159. The Morgan fingerprint density at radius 1 is 1.15 bits per heavy atom. The summed E-state index contributed by atoms with van der Waals surface area (Å²) in [6, 6.07) is 9.31. The van der Waals surface area contributed by atoms with E-state index in [1.165, 1.54) is 0 Å². The van der Waals surface area contributed by atoms with Crippen LogP contribution >= 0.6 is 0 Å². The van der Waals surface area contributed by atoms with Crippen LogP contribution in [0.4, 0.5) is 8.78 Å². The second-order valence-corrected chi connectivity index (χ2v) is 8.27. The number of nitrogens with zero attached hydrogens (tertiary/aromatic N) is 4. The van der Waals surface area contributed by atoms with Crippen molar-refractivity contribution < 1.29 is 23.2 Å². The predicted octanol–water partition coefficient (Wildman–Crippen LogP) is 4.07. The Labute approximate surface area is 187 Å². The molecule has 3 aromatic heterocycles. The summed E-state index contributed by atoms with van der Waals surface area (Å²) in [4.78, 5) is 16.8. The van der Waals surface area contributed by atoms with Gasteiger partial charge >= 0.3 is 0 Å². The third kappa shape index (κ3) is 4.28. The quantitative estimate of drug-likeness (QED) is 0.472. The molecule has 0 unspecified atom stereocenters. The molecule has 170 valence electrons. The molecule has 0 saturated heterocycles. The van der Waals surface area contributed by atoms with Gasteiger partial charge in [0.2, 0.25) is 0 Å². The number of carbonyl (C=O) groups is 1. The van der Waals surface area contributed by atoms with Crippen molar-refractivity contribution >= 4 is 11.4 Å². The van der Waals surface area contributed by atoms with Gasteiger partial charge in [-0.25, -0.2) is 13.3 Å². The molecule has 1 aliphatic rings. The Balaban J connectivity index is 1.16. The number of aromatic hydroxyl groups is 1. The van der Waals surface area contributed by atoms with Gasteiger partial charge < -0.3 is 14.9 Å². The number of rotatable bonds is 5. The first-order chi connectivity index (χ1) is 16.0. The second-order valence-electron chi connectivity index (χ2n) is 8.27. The zero-order valence-corrected chi connectivity index (χ0v) is 17.5. The van der Waals surface area contributed by atoms with Crippen LogP contribution in [0.3, 0.4) is 0 Å². The Morgan fingerprint density at radius 3 is 2.64 bits per heavy atom. The van der Waals surface area contributed by atoms with Crippen molar-refractivity contribution in [1.29, 1.82) is 0 Å². The number of halogens is 2. The lowest BCUT2D eigenvalue weighted by atomic mass is 9.81. The first-order valence-corrected chi connectivity index (χ1v) is 10.7. The van der Waals surface area contributed by atoms with Crippen LogP contribution in [-0.4, -0.2) is 37.3 Å². The summed E-state index contributed by atoms with van der Waals surface area (Å²) in [5, 5.41) is 20.5. The molecule has 8 nitrogen and oxygen atoms in total. The average Bonchev–Trinajstić information content (AvgIpc) is 3.48. The maximum atomic E-state index is 13.5. The van der Waals surface area contributed by atoms with Crippen molar-refractivity contribution in [1.82, 2.24) is 25.1 Å². The van der Waals surface area contributed by atoms with Gasteiger partial charge in [0.25, 0.3) is 11.8 Å². The molecular formula is C23H21F2N5O3. The van der Waals surface area contributed by atoms with Crippen molar-refractivity contribution in [2.24, 2.45) is 5.92 Å². The maximum Gasteiger partial charge on any atom is 0.278 e. The van der Waals surface area contributed by atoms with Crippen molar-refractivity contribution in [3.63, 3.8) is 0 Å². The number of aromatic nitrogens is 4. The second kappa shape index (κ2) is 8.61. The minimum atomic E-state index is -1.16. The number of hydrogen-bond acceptors (Lipinski definition) is 6.